The maximum atomic E-state index is 14.5. The van der Waals surface area contributed by atoms with Crippen molar-refractivity contribution in [3.63, 3.8) is 0 Å². The molecule has 204 valence electrons. The number of fused-ring (bicyclic) bond motifs is 1. The van der Waals surface area contributed by atoms with Gasteiger partial charge in [0.05, 0.1) is 21.4 Å². The van der Waals surface area contributed by atoms with Gasteiger partial charge in [0.25, 0.3) is 11.8 Å². The quantitative estimate of drug-likeness (QED) is 0.307. The fourth-order valence-corrected chi connectivity index (χ4v) is 3.99. The van der Waals surface area contributed by atoms with Crippen molar-refractivity contribution in [2.45, 2.75) is 32.8 Å². The average molecular weight is 548 g/mol. The van der Waals surface area contributed by atoms with E-state index in [-0.39, 0.29) is 22.7 Å². The lowest BCUT2D eigenvalue weighted by atomic mass is 10.0. The highest BCUT2D eigenvalue weighted by Crippen LogP contribution is 2.30. The highest BCUT2D eigenvalue weighted by atomic mass is 19.4. The van der Waals surface area contributed by atoms with E-state index in [2.05, 4.69) is 20.1 Å². The molecule has 0 radical (unpaired) electrons. The van der Waals surface area contributed by atoms with E-state index in [1.165, 1.54) is 23.9 Å². The molecule has 3 N–H and O–H groups in total. The first-order chi connectivity index (χ1) is 19.3. The molecular weight excluding hydrogens is 522 g/mol. The summed E-state index contributed by atoms with van der Waals surface area (Å²) in [6.07, 6.45) is -3.61. The van der Waals surface area contributed by atoms with Crippen molar-refractivity contribution in [2.75, 3.05) is 7.09 Å². The number of ether oxygens (including phenoxy) is 2. The van der Waals surface area contributed by atoms with Gasteiger partial charge in [-0.05, 0) is 55.8 Å². The number of halogens is 4. The molecule has 0 spiro atoms. The molecule has 0 aliphatic rings. The second kappa shape index (κ2) is 10.6. The summed E-state index contributed by atoms with van der Waals surface area (Å²) in [5, 5.41) is 7.06. The minimum atomic E-state index is -4.99. The number of carbonyl (C=O) groups excluding carboxylic acids is 2. The molecule has 39 heavy (non-hydrogen) atoms. The summed E-state index contributed by atoms with van der Waals surface area (Å²) in [5.41, 5.74) is 6.38. The first kappa shape index (κ1) is 24.6. The Labute approximate surface area is 222 Å². The van der Waals surface area contributed by atoms with Crippen LogP contribution in [-0.2, 0) is 6.52 Å². The Morgan fingerprint density at radius 1 is 1.21 bits per heavy atom. The summed E-state index contributed by atoms with van der Waals surface area (Å²) in [5.74, 6) is -3.30. The summed E-state index contributed by atoms with van der Waals surface area (Å²) in [7, 11) is -0.573. The summed E-state index contributed by atoms with van der Waals surface area (Å²) in [4.78, 5) is 29.2. The van der Waals surface area contributed by atoms with Gasteiger partial charge >= 0.3 is 6.36 Å². The Morgan fingerprint density at radius 3 is 2.64 bits per heavy atom. The Morgan fingerprint density at radius 2 is 1.97 bits per heavy atom. The average Bonchev–Trinajstić information content (AvgIpc) is 3.29. The summed E-state index contributed by atoms with van der Waals surface area (Å²) < 4.78 is 78.1. The zero-order valence-electron chi connectivity index (χ0n) is 22.5. The van der Waals surface area contributed by atoms with E-state index in [0.717, 1.165) is 18.2 Å². The number of pyridine rings is 1. The molecule has 2 heterocycles. The molecule has 1 unspecified atom stereocenters. The molecular formula is C26H23F4N5O4. The van der Waals surface area contributed by atoms with E-state index in [1.807, 2.05) is 0 Å². The third-order valence-corrected chi connectivity index (χ3v) is 5.77. The predicted octanol–water partition coefficient (Wildman–Crippen LogP) is 4.75. The molecule has 4 rings (SSSR count). The lowest BCUT2D eigenvalue weighted by molar-refractivity contribution is -0.274. The van der Waals surface area contributed by atoms with Gasteiger partial charge in [-0.1, -0.05) is 6.07 Å². The van der Waals surface area contributed by atoms with Gasteiger partial charge in [0.2, 0.25) is 5.88 Å². The minimum absolute atomic E-state index is 0.00559. The molecule has 2 aromatic heterocycles. The van der Waals surface area contributed by atoms with Crippen LogP contribution in [0, 0.1) is 5.82 Å². The molecule has 0 aliphatic carbocycles. The van der Waals surface area contributed by atoms with Crippen LogP contribution in [0.1, 0.15) is 49.0 Å². The topological polar surface area (TPSA) is 121 Å². The highest BCUT2D eigenvalue weighted by Gasteiger charge is 2.31. The third-order valence-electron chi connectivity index (χ3n) is 5.77. The Bertz CT molecular complexity index is 1630. The number of primary amides is 1. The van der Waals surface area contributed by atoms with Gasteiger partial charge in [0, 0.05) is 29.2 Å². The minimum Gasteiger partial charge on any atom is -0.480 e. The number of alkyl halides is 3. The van der Waals surface area contributed by atoms with Crippen molar-refractivity contribution in [3.05, 3.63) is 71.3 Å². The molecule has 0 bridgehead atoms. The number of rotatable bonds is 8. The number of benzene rings is 2. The van der Waals surface area contributed by atoms with Crippen LogP contribution in [0.3, 0.4) is 0 Å². The standard InChI is InChI=1S/C26H23F4N5O4/c1-4-35-21-10-14(5-7-17(21)22(34-35)23(31)36)15-9-19(25(38-3)32-12-15)24(37)33-13(2)18-11-16(6-8-20(18)27)39-26(28,29)30/h5-13H,4H2,1-3H3,(H2,31,36)(H,33,37)/t13-/m0/s1/i3D,4D/t4?,13-. The van der Waals surface area contributed by atoms with Crippen LogP contribution in [0.15, 0.2) is 48.7 Å². The van der Waals surface area contributed by atoms with Crippen molar-refractivity contribution in [2.24, 2.45) is 5.73 Å². The van der Waals surface area contributed by atoms with Gasteiger partial charge in [-0.25, -0.2) is 9.37 Å². The Kier molecular flexibility index (Phi) is 6.69. The monoisotopic (exact) mass is 547 g/mol. The van der Waals surface area contributed by atoms with Crippen LogP contribution in [0.25, 0.3) is 22.0 Å². The SMILES string of the molecule is [2H]COc1ncc(-c2ccc3c(C(N)=O)nn(C([2H])C)c3c2)cc1C(=O)N[C@@H](C)c1cc(OC(F)(F)F)ccc1F. The lowest BCUT2D eigenvalue weighted by Gasteiger charge is -2.18. The van der Waals surface area contributed by atoms with Crippen LogP contribution in [0.5, 0.6) is 11.6 Å². The van der Waals surface area contributed by atoms with Crippen LogP contribution >= 0.6 is 0 Å². The van der Waals surface area contributed by atoms with Crippen molar-refractivity contribution >= 4 is 22.7 Å². The smallest absolute Gasteiger partial charge is 0.480 e. The number of nitrogens with zero attached hydrogens (tertiary/aromatic N) is 3. The molecule has 0 aliphatic heterocycles. The zero-order valence-corrected chi connectivity index (χ0v) is 20.5. The predicted molar refractivity (Wildman–Crippen MR) is 133 cm³/mol. The number of hydrogen-bond acceptors (Lipinski definition) is 6. The van der Waals surface area contributed by atoms with Crippen LogP contribution in [0.4, 0.5) is 17.6 Å². The molecule has 4 aromatic rings. The number of amides is 2. The number of aryl methyl sites for hydroxylation is 1. The molecule has 13 heteroatoms. The summed E-state index contributed by atoms with van der Waals surface area (Å²) >= 11 is 0. The van der Waals surface area contributed by atoms with Crippen molar-refractivity contribution in [1.29, 1.82) is 0 Å². The van der Waals surface area contributed by atoms with Gasteiger partial charge in [-0.2, -0.15) is 5.10 Å². The molecule has 9 nitrogen and oxygen atoms in total. The molecule has 0 saturated heterocycles. The molecule has 2 amide bonds. The fraction of sp³-hybridized carbons (Fsp3) is 0.231. The van der Waals surface area contributed by atoms with E-state index < -0.39 is 49.4 Å². The number of nitrogens with one attached hydrogen (secondary N) is 1. The lowest BCUT2D eigenvalue weighted by Crippen LogP contribution is -2.28. The number of hydrogen-bond donors (Lipinski definition) is 2. The second-order valence-electron chi connectivity index (χ2n) is 8.29. The first-order valence-corrected chi connectivity index (χ1v) is 11.3. The highest BCUT2D eigenvalue weighted by molar-refractivity contribution is 6.05. The Balaban J connectivity index is 1.70. The maximum Gasteiger partial charge on any atom is 0.573 e. The van der Waals surface area contributed by atoms with Gasteiger partial charge in [0.1, 0.15) is 17.1 Å². The normalized spacial score (nSPS) is 13.8. The third kappa shape index (κ3) is 5.76. The number of nitrogens with two attached hydrogens (primary N) is 1. The molecule has 0 fully saturated rings. The van der Waals surface area contributed by atoms with Crippen LogP contribution < -0.4 is 20.5 Å². The number of aromatic nitrogens is 3. The van der Waals surface area contributed by atoms with E-state index in [0.29, 0.717) is 22.0 Å². The summed E-state index contributed by atoms with van der Waals surface area (Å²) in [6.45, 7) is 2.06. The summed E-state index contributed by atoms with van der Waals surface area (Å²) in [6, 6.07) is 7.57. The first-order valence-electron chi connectivity index (χ1n) is 12.6. The van der Waals surface area contributed by atoms with Crippen LogP contribution in [0.2, 0.25) is 0 Å². The van der Waals surface area contributed by atoms with E-state index >= 15 is 0 Å². The maximum absolute atomic E-state index is 14.5. The largest absolute Gasteiger partial charge is 0.573 e. The van der Waals surface area contributed by atoms with Gasteiger partial charge in [-0.15, -0.1) is 13.2 Å². The van der Waals surface area contributed by atoms with E-state index in [9.17, 15) is 27.2 Å². The second-order valence-corrected chi connectivity index (χ2v) is 8.29. The van der Waals surface area contributed by atoms with Crippen molar-refractivity contribution < 1.29 is 39.4 Å². The van der Waals surface area contributed by atoms with Gasteiger partial charge in [0.15, 0.2) is 5.69 Å². The molecule has 0 saturated carbocycles. The zero-order chi connectivity index (χ0) is 30.1. The van der Waals surface area contributed by atoms with Gasteiger partial charge < -0.3 is 20.5 Å². The fourth-order valence-electron chi connectivity index (χ4n) is 3.99. The van der Waals surface area contributed by atoms with Crippen molar-refractivity contribution in [1.82, 2.24) is 20.1 Å². The van der Waals surface area contributed by atoms with Crippen LogP contribution in [-0.4, -0.2) is 40.0 Å². The number of methoxy groups -OCH3 is 1. The molecule has 2 atom stereocenters. The number of carbonyl (C=O) groups is 2. The van der Waals surface area contributed by atoms with Gasteiger partial charge in [-0.3, -0.25) is 14.3 Å². The molecule has 2 aromatic carbocycles. The van der Waals surface area contributed by atoms with Crippen molar-refractivity contribution in [3.8, 4) is 22.8 Å². The Hall–Kier alpha value is -4.68. The van der Waals surface area contributed by atoms with E-state index in [1.54, 1.807) is 25.1 Å². The van der Waals surface area contributed by atoms with E-state index in [4.69, 9.17) is 13.2 Å².